The van der Waals surface area contributed by atoms with Crippen LogP contribution < -0.4 is 5.32 Å². The molecule has 1 fully saturated rings. The van der Waals surface area contributed by atoms with E-state index < -0.39 is 30.2 Å². The first-order valence-corrected chi connectivity index (χ1v) is 10.7. The highest BCUT2D eigenvalue weighted by Gasteiger charge is 2.41. The van der Waals surface area contributed by atoms with Crippen LogP contribution in [0.1, 0.15) is 30.2 Å². The Labute approximate surface area is 185 Å². The number of aromatic nitrogens is 2. The maximum atomic E-state index is 15.4. The summed E-state index contributed by atoms with van der Waals surface area (Å²) in [5.41, 5.74) is -1.61. The normalized spacial score (nSPS) is 17.0. The van der Waals surface area contributed by atoms with Gasteiger partial charge in [-0.05, 0) is 24.3 Å². The van der Waals surface area contributed by atoms with E-state index in [4.69, 9.17) is 16.7 Å². The number of carbonyl (C=O) groups excluding carboxylic acids is 1. The summed E-state index contributed by atoms with van der Waals surface area (Å²) in [7, 11) is 0. The van der Waals surface area contributed by atoms with Crippen molar-refractivity contribution in [3.05, 3.63) is 52.6 Å². The Morgan fingerprint density at radius 1 is 1.35 bits per heavy atom. The van der Waals surface area contributed by atoms with Gasteiger partial charge >= 0.3 is 6.03 Å². The number of piperidine rings is 1. The van der Waals surface area contributed by atoms with Crippen molar-refractivity contribution in [1.29, 1.82) is 0 Å². The van der Waals surface area contributed by atoms with Gasteiger partial charge < -0.3 is 15.1 Å². The van der Waals surface area contributed by atoms with E-state index in [9.17, 15) is 14.3 Å². The summed E-state index contributed by atoms with van der Waals surface area (Å²) in [5.74, 6) is -0.890. The molecule has 1 aliphatic rings. The highest BCUT2D eigenvalue weighted by Crippen LogP contribution is 2.38. The number of nitrogens with zero attached hydrogens (tertiary/aromatic N) is 3. The molecule has 4 rings (SSSR count). The average molecular weight is 469 g/mol. The van der Waals surface area contributed by atoms with Gasteiger partial charge in [0.2, 0.25) is 0 Å². The average Bonchev–Trinajstić information content (AvgIpc) is 3.14. The van der Waals surface area contributed by atoms with Crippen LogP contribution in [-0.4, -0.2) is 50.8 Å². The number of aliphatic hydroxyl groups excluding tert-OH is 2. The lowest BCUT2D eigenvalue weighted by molar-refractivity contribution is 0.0639. The van der Waals surface area contributed by atoms with Gasteiger partial charge in [0.15, 0.2) is 10.8 Å². The van der Waals surface area contributed by atoms with Gasteiger partial charge in [0.05, 0.1) is 16.8 Å². The Kier molecular flexibility index (Phi) is 6.07. The molecule has 1 aliphatic heterocycles. The van der Waals surface area contributed by atoms with Crippen LogP contribution in [0.2, 0.25) is 5.02 Å². The fraction of sp³-hybridized carbons (Fsp3) is 0.350. The van der Waals surface area contributed by atoms with Crippen LogP contribution in [0.15, 0.2) is 30.5 Å². The number of thiazole rings is 1. The molecular weight excluding hydrogens is 450 g/mol. The lowest BCUT2D eigenvalue weighted by Crippen LogP contribution is -2.45. The minimum atomic E-state index is -2.03. The van der Waals surface area contributed by atoms with Gasteiger partial charge in [0, 0.05) is 42.7 Å². The number of aliphatic hydroxyl groups is 2. The number of alkyl halides is 1. The van der Waals surface area contributed by atoms with Gasteiger partial charge in [0.1, 0.15) is 17.6 Å². The van der Waals surface area contributed by atoms with Gasteiger partial charge in [-0.3, -0.25) is 10.3 Å². The number of amides is 2. The minimum absolute atomic E-state index is 0.0706. The summed E-state index contributed by atoms with van der Waals surface area (Å²) in [6, 6.07) is 5.79. The summed E-state index contributed by atoms with van der Waals surface area (Å²) in [5, 5.41) is 22.2. The SMILES string of the molecule is O=C(Nc1nc2ccc(Cl)cc2s1)N1CCC(F)(c2ncc([C@@H](O)CO)cc2F)CC1. The first kappa shape index (κ1) is 21.8. The van der Waals surface area contributed by atoms with Crippen LogP contribution in [0.25, 0.3) is 10.2 Å². The molecule has 31 heavy (non-hydrogen) atoms. The third-order valence-corrected chi connectivity index (χ3v) is 6.42. The van der Waals surface area contributed by atoms with E-state index in [1.165, 1.54) is 16.2 Å². The third-order valence-electron chi connectivity index (χ3n) is 5.25. The molecule has 0 aliphatic carbocycles. The molecule has 0 saturated carbocycles. The summed E-state index contributed by atoms with van der Waals surface area (Å²) < 4.78 is 30.7. The summed E-state index contributed by atoms with van der Waals surface area (Å²) in [4.78, 5) is 22.2. The highest BCUT2D eigenvalue weighted by atomic mass is 35.5. The van der Waals surface area contributed by atoms with Crippen molar-refractivity contribution in [2.45, 2.75) is 24.6 Å². The van der Waals surface area contributed by atoms with Gasteiger partial charge in [-0.1, -0.05) is 22.9 Å². The monoisotopic (exact) mass is 468 g/mol. The molecule has 7 nitrogen and oxygen atoms in total. The summed E-state index contributed by atoms with van der Waals surface area (Å²) >= 11 is 7.25. The highest BCUT2D eigenvalue weighted by molar-refractivity contribution is 7.22. The largest absolute Gasteiger partial charge is 0.393 e. The standard InChI is InChI=1S/C20H19ClF2N4O3S/c21-12-1-2-14-16(8-12)31-18(25-14)26-19(30)27-5-3-20(23,4-6-27)17-13(22)7-11(9-24-17)15(29)10-28/h1-2,7-9,15,28-29H,3-6,10H2,(H,25,26,30)/t15-/m0/s1. The van der Waals surface area contributed by atoms with Crippen molar-refractivity contribution in [3.63, 3.8) is 0 Å². The van der Waals surface area contributed by atoms with Crippen LogP contribution in [-0.2, 0) is 5.67 Å². The molecule has 3 heterocycles. The number of urea groups is 1. The quantitative estimate of drug-likeness (QED) is 0.537. The molecule has 1 aromatic carbocycles. The number of hydrogen-bond donors (Lipinski definition) is 3. The van der Waals surface area contributed by atoms with Crippen LogP contribution in [0.4, 0.5) is 18.7 Å². The predicted molar refractivity (Wildman–Crippen MR) is 113 cm³/mol. The van der Waals surface area contributed by atoms with Gasteiger partial charge in [-0.2, -0.15) is 0 Å². The topological polar surface area (TPSA) is 98.6 Å². The lowest BCUT2D eigenvalue weighted by Gasteiger charge is -2.36. The van der Waals surface area contributed by atoms with E-state index in [0.29, 0.717) is 15.7 Å². The predicted octanol–water partition coefficient (Wildman–Crippen LogP) is 4.00. The van der Waals surface area contributed by atoms with Gasteiger partial charge in [-0.25, -0.2) is 18.6 Å². The zero-order chi connectivity index (χ0) is 22.2. The van der Waals surface area contributed by atoms with Crippen LogP contribution in [0.3, 0.4) is 0 Å². The number of fused-ring (bicyclic) bond motifs is 1. The number of halogens is 3. The number of hydrogen-bond acceptors (Lipinski definition) is 6. The van der Waals surface area contributed by atoms with Crippen molar-refractivity contribution in [2.24, 2.45) is 0 Å². The smallest absolute Gasteiger partial charge is 0.323 e. The molecule has 0 radical (unpaired) electrons. The van der Waals surface area contributed by atoms with Crippen molar-refractivity contribution >= 4 is 44.3 Å². The summed E-state index contributed by atoms with van der Waals surface area (Å²) in [6.45, 7) is -0.449. The molecule has 1 atom stereocenters. The number of likely N-dealkylation sites (tertiary alicyclic amines) is 1. The van der Waals surface area contributed by atoms with Crippen molar-refractivity contribution in [3.8, 4) is 0 Å². The molecule has 2 amide bonds. The van der Waals surface area contributed by atoms with Gasteiger partial charge in [-0.15, -0.1) is 0 Å². The molecule has 0 unspecified atom stereocenters. The molecule has 1 saturated heterocycles. The second-order valence-corrected chi connectivity index (χ2v) is 8.78. The molecule has 11 heteroatoms. The molecule has 0 spiro atoms. The molecule has 0 bridgehead atoms. The zero-order valence-corrected chi connectivity index (χ0v) is 17.8. The minimum Gasteiger partial charge on any atom is -0.393 e. The Hall–Kier alpha value is -2.40. The van der Waals surface area contributed by atoms with Crippen molar-refractivity contribution in [1.82, 2.24) is 14.9 Å². The molecule has 3 N–H and O–H groups in total. The second kappa shape index (κ2) is 8.62. The van der Waals surface area contributed by atoms with Gasteiger partial charge in [0.25, 0.3) is 0 Å². The number of rotatable bonds is 4. The fourth-order valence-electron chi connectivity index (χ4n) is 3.49. The van der Waals surface area contributed by atoms with Crippen LogP contribution in [0.5, 0.6) is 0 Å². The fourth-order valence-corrected chi connectivity index (χ4v) is 4.63. The van der Waals surface area contributed by atoms with E-state index >= 15 is 4.39 Å². The molecule has 164 valence electrons. The third kappa shape index (κ3) is 4.47. The van der Waals surface area contributed by atoms with E-state index in [1.807, 2.05) is 0 Å². The Bertz CT molecular complexity index is 1120. The number of anilines is 1. The van der Waals surface area contributed by atoms with Crippen molar-refractivity contribution < 1.29 is 23.8 Å². The molecular formula is C20H19ClF2N4O3S. The van der Waals surface area contributed by atoms with E-state index in [2.05, 4.69) is 15.3 Å². The van der Waals surface area contributed by atoms with E-state index in [1.54, 1.807) is 18.2 Å². The summed E-state index contributed by atoms with van der Waals surface area (Å²) in [6.07, 6.45) is -0.377. The van der Waals surface area contributed by atoms with Crippen LogP contribution in [0, 0.1) is 5.82 Å². The Morgan fingerprint density at radius 2 is 2.10 bits per heavy atom. The maximum absolute atomic E-state index is 15.4. The Balaban J connectivity index is 1.41. The maximum Gasteiger partial charge on any atom is 0.323 e. The Morgan fingerprint density at radius 3 is 2.77 bits per heavy atom. The lowest BCUT2D eigenvalue weighted by atomic mass is 9.89. The molecule has 2 aromatic heterocycles. The zero-order valence-electron chi connectivity index (χ0n) is 16.2. The number of carbonyl (C=O) groups is 1. The number of benzene rings is 1. The number of pyridine rings is 1. The van der Waals surface area contributed by atoms with Crippen LogP contribution >= 0.6 is 22.9 Å². The first-order chi connectivity index (χ1) is 14.8. The van der Waals surface area contributed by atoms with Crippen molar-refractivity contribution in [2.75, 3.05) is 25.0 Å². The first-order valence-electron chi connectivity index (χ1n) is 9.55. The number of nitrogens with one attached hydrogen (secondary N) is 1. The second-order valence-electron chi connectivity index (χ2n) is 7.31. The molecule has 3 aromatic rings. The van der Waals surface area contributed by atoms with E-state index in [0.717, 1.165) is 17.0 Å². The van der Waals surface area contributed by atoms with E-state index in [-0.39, 0.29) is 37.2 Å².